The van der Waals surface area contributed by atoms with Gasteiger partial charge in [-0.3, -0.25) is 4.98 Å². The van der Waals surface area contributed by atoms with Gasteiger partial charge < -0.3 is 23.7 Å². The molecule has 0 unspecified atom stereocenters. The zero-order valence-corrected chi connectivity index (χ0v) is 18.3. The second-order valence-corrected chi connectivity index (χ2v) is 6.62. The summed E-state index contributed by atoms with van der Waals surface area (Å²) in [5.74, 6) is 3.15. The largest absolute Gasteiger partial charge is 0.493 e. The van der Waals surface area contributed by atoms with Crippen molar-refractivity contribution in [3.63, 3.8) is 0 Å². The average Bonchev–Trinajstić information content (AvgIpc) is 2.82. The highest BCUT2D eigenvalue weighted by molar-refractivity contribution is 5.73. The number of hydrogen-bond donors (Lipinski definition) is 0. The van der Waals surface area contributed by atoms with Gasteiger partial charge in [0.15, 0.2) is 23.0 Å². The number of nitrogens with zero attached hydrogens (tertiary/aromatic N) is 1. The predicted molar refractivity (Wildman–Crippen MR) is 121 cm³/mol. The Morgan fingerprint density at radius 1 is 0.710 bits per heavy atom. The second kappa shape index (κ2) is 10.9. The van der Waals surface area contributed by atoms with E-state index in [2.05, 4.69) is 4.98 Å². The summed E-state index contributed by atoms with van der Waals surface area (Å²) in [6, 6.07) is 15.5. The Hall–Kier alpha value is -3.67. The lowest BCUT2D eigenvalue weighted by atomic mass is 10.1. The third-order valence-electron chi connectivity index (χ3n) is 4.68. The molecule has 1 heterocycles. The summed E-state index contributed by atoms with van der Waals surface area (Å²) in [7, 11) is 6.42. The molecule has 0 N–H and O–H groups in total. The Morgan fingerprint density at radius 3 is 2.00 bits per heavy atom. The van der Waals surface area contributed by atoms with Crippen LogP contribution >= 0.6 is 0 Å². The molecule has 0 aliphatic rings. The van der Waals surface area contributed by atoms with E-state index < -0.39 is 0 Å². The van der Waals surface area contributed by atoms with Crippen LogP contribution in [0, 0.1) is 0 Å². The molecular weight excluding hydrogens is 394 g/mol. The van der Waals surface area contributed by atoms with Crippen molar-refractivity contribution < 1.29 is 23.7 Å². The molecule has 0 spiro atoms. The van der Waals surface area contributed by atoms with Crippen LogP contribution in [0.2, 0.25) is 0 Å². The average molecular weight is 421 g/mol. The molecule has 2 aromatic carbocycles. The molecule has 1 aromatic heterocycles. The molecule has 0 saturated heterocycles. The standard InChI is InChI=1S/C25H27NO5/c1-27-21-11-10-18(15-22(21)31-14-12-20-7-5-6-13-26-20)8-9-19-16-23(28-2)25(30-4)24(17-19)29-3/h5-11,13,15-17H,12,14H2,1-4H3/b9-8-. The molecule has 0 fully saturated rings. The van der Waals surface area contributed by atoms with E-state index in [1.54, 1.807) is 34.6 Å². The van der Waals surface area contributed by atoms with Crippen LogP contribution in [-0.4, -0.2) is 40.0 Å². The Morgan fingerprint density at radius 2 is 1.39 bits per heavy atom. The van der Waals surface area contributed by atoms with E-state index >= 15 is 0 Å². The maximum absolute atomic E-state index is 5.97. The van der Waals surface area contributed by atoms with Crippen molar-refractivity contribution in [2.45, 2.75) is 6.42 Å². The molecule has 0 saturated carbocycles. The van der Waals surface area contributed by atoms with Gasteiger partial charge in [-0.2, -0.15) is 0 Å². The SMILES string of the molecule is COc1ccc(/C=C\c2cc(OC)c(OC)c(OC)c2)cc1OCCc1ccccn1. The minimum atomic E-state index is 0.507. The maximum atomic E-state index is 5.97. The lowest BCUT2D eigenvalue weighted by Gasteiger charge is -2.13. The van der Waals surface area contributed by atoms with Crippen LogP contribution in [0.15, 0.2) is 54.7 Å². The van der Waals surface area contributed by atoms with E-state index in [0.717, 1.165) is 23.2 Å². The first-order valence-corrected chi connectivity index (χ1v) is 9.87. The Labute approximate surface area is 183 Å². The van der Waals surface area contributed by atoms with Crippen molar-refractivity contribution in [3.8, 4) is 28.7 Å². The van der Waals surface area contributed by atoms with Gasteiger partial charge in [-0.15, -0.1) is 0 Å². The number of benzene rings is 2. The van der Waals surface area contributed by atoms with Crippen molar-refractivity contribution in [3.05, 3.63) is 71.5 Å². The summed E-state index contributed by atoms with van der Waals surface area (Å²) >= 11 is 0. The normalized spacial score (nSPS) is 10.7. The van der Waals surface area contributed by atoms with Gasteiger partial charge in [-0.25, -0.2) is 0 Å². The minimum Gasteiger partial charge on any atom is -0.493 e. The highest BCUT2D eigenvalue weighted by Crippen LogP contribution is 2.38. The van der Waals surface area contributed by atoms with Crippen LogP contribution in [0.4, 0.5) is 0 Å². The third-order valence-corrected chi connectivity index (χ3v) is 4.68. The van der Waals surface area contributed by atoms with Crippen molar-refractivity contribution in [2.24, 2.45) is 0 Å². The molecule has 0 aliphatic carbocycles. The number of ether oxygens (including phenoxy) is 5. The first-order valence-electron chi connectivity index (χ1n) is 9.87. The Balaban J connectivity index is 1.77. The van der Waals surface area contributed by atoms with E-state index in [0.29, 0.717) is 35.4 Å². The van der Waals surface area contributed by atoms with Gasteiger partial charge in [0.2, 0.25) is 5.75 Å². The monoisotopic (exact) mass is 421 g/mol. The van der Waals surface area contributed by atoms with Crippen LogP contribution < -0.4 is 23.7 Å². The van der Waals surface area contributed by atoms with Crippen LogP contribution in [0.25, 0.3) is 12.2 Å². The fourth-order valence-corrected chi connectivity index (χ4v) is 3.11. The summed E-state index contributed by atoms with van der Waals surface area (Å²) in [6.45, 7) is 0.507. The van der Waals surface area contributed by atoms with Gasteiger partial charge in [0.05, 0.1) is 35.0 Å². The Bertz CT molecular complexity index is 993. The molecule has 6 heteroatoms. The number of rotatable bonds is 10. The molecular formula is C25H27NO5. The van der Waals surface area contributed by atoms with E-state index in [4.69, 9.17) is 23.7 Å². The summed E-state index contributed by atoms with van der Waals surface area (Å²) in [4.78, 5) is 4.32. The number of methoxy groups -OCH3 is 4. The lowest BCUT2D eigenvalue weighted by Crippen LogP contribution is -2.04. The van der Waals surface area contributed by atoms with E-state index in [-0.39, 0.29) is 0 Å². The van der Waals surface area contributed by atoms with Crippen LogP contribution in [-0.2, 0) is 6.42 Å². The third kappa shape index (κ3) is 5.69. The quantitative estimate of drug-likeness (QED) is 0.434. The first-order chi connectivity index (χ1) is 15.2. The van der Waals surface area contributed by atoms with Crippen molar-refractivity contribution in [1.29, 1.82) is 0 Å². The molecule has 0 aliphatic heterocycles. The number of aromatic nitrogens is 1. The molecule has 0 atom stereocenters. The molecule has 0 radical (unpaired) electrons. The van der Waals surface area contributed by atoms with Crippen LogP contribution in [0.3, 0.4) is 0 Å². The maximum Gasteiger partial charge on any atom is 0.203 e. The highest BCUT2D eigenvalue weighted by atomic mass is 16.5. The van der Waals surface area contributed by atoms with Crippen molar-refractivity contribution in [1.82, 2.24) is 4.98 Å². The van der Waals surface area contributed by atoms with Crippen LogP contribution in [0.5, 0.6) is 28.7 Å². The zero-order chi connectivity index (χ0) is 22.1. The van der Waals surface area contributed by atoms with Gasteiger partial charge in [-0.05, 0) is 47.5 Å². The summed E-state index contributed by atoms with van der Waals surface area (Å²) in [5, 5.41) is 0. The molecule has 162 valence electrons. The van der Waals surface area contributed by atoms with E-state index in [1.807, 2.05) is 60.7 Å². The lowest BCUT2D eigenvalue weighted by molar-refractivity contribution is 0.296. The topological polar surface area (TPSA) is 59.0 Å². The second-order valence-electron chi connectivity index (χ2n) is 6.62. The molecule has 0 bridgehead atoms. The molecule has 3 rings (SSSR count). The van der Waals surface area contributed by atoms with E-state index in [9.17, 15) is 0 Å². The molecule has 31 heavy (non-hydrogen) atoms. The number of pyridine rings is 1. The molecule has 3 aromatic rings. The summed E-state index contributed by atoms with van der Waals surface area (Å²) < 4.78 is 27.6. The smallest absolute Gasteiger partial charge is 0.203 e. The van der Waals surface area contributed by atoms with Crippen LogP contribution in [0.1, 0.15) is 16.8 Å². The van der Waals surface area contributed by atoms with Gasteiger partial charge in [0.1, 0.15) is 0 Å². The van der Waals surface area contributed by atoms with Gasteiger partial charge in [0, 0.05) is 18.3 Å². The fourth-order valence-electron chi connectivity index (χ4n) is 3.11. The fraction of sp³-hybridized carbons (Fsp3) is 0.240. The molecule has 6 nitrogen and oxygen atoms in total. The first kappa shape index (κ1) is 22.0. The van der Waals surface area contributed by atoms with Crippen molar-refractivity contribution in [2.75, 3.05) is 35.0 Å². The molecule has 0 amide bonds. The Kier molecular flexibility index (Phi) is 7.76. The van der Waals surface area contributed by atoms with Crippen molar-refractivity contribution >= 4 is 12.2 Å². The van der Waals surface area contributed by atoms with Gasteiger partial charge in [0.25, 0.3) is 0 Å². The van der Waals surface area contributed by atoms with Gasteiger partial charge >= 0.3 is 0 Å². The highest BCUT2D eigenvalue weighted by Gasteiger charge is 2.12. The minimum absolute atomic E-state index is 0.507. The van der Waals surface area contributed by atoms with E-state index in [1.165, 1.54) is 0 Å². The zero-order valence-electron chi connectivity index (χ0n) is 18.3. The van der Waals surface area contributed by atoms with Gasteiger partial charge in [-0.1, -0.05) is 24.3 Å². The number of hydrogen-bond acceptors (Lipinski definition) is 6. The summed E-state index contributed by atoms with van der Waals surface area (Å²) in [5.41, 5.74) is 2.88. The summed E-state index contributed by atoms with van der Waals surface area (Å²) in [6.07, 6.45) is 6.47. The predicted octanol–water partition coefficient (Wildman–Crippen LogP) is 4.91.